The van der Waals surface area contributed by atoms with Gasteiger partial charge in [0.05, 0.1) is 17.0 Å². The zero-order valence-electron chi connectivity index (χ0n) is 13.9. The van der Waals surface area contributed by atoms with Gasteiger partial charge in [0.1, 0.15) is 23.0 Å². The first-order valence-corrected chi connectivity index (χ1v) is 8.09. The minimum Gasteiger partial charge on any atom is -0.507 e. The Hall–Kier alpha value is -2.99. The van der Waals surface area contributed by atoms with Crippen molar-refractivity contribution in [3.8, 4) is 11.5 Å². The number of hydrogen-bond donors (Lipinski definition) is 2. The minimum atomic E-state index is -1.17. The average molecular weight is 375 g/mol. The van der Waals surface area contributed by atoms with Gasteiger partial charge in [0, 0.05) is 17.2 Å². The summed E-state index contributed by atoms with van der Waals surface area (Å²) in [4.78, 5) is 24.9. The Labute approximate surface area is 152 Å². The van der Waals surface area contributed by atoms with E-state index < -0.39 is 17.2 Å². The molecule has 0 bridgehead atoms. The van der Waals surface area contributed by atoms with Crippen molar-refractivity contribution in [1.29, 1.82) is 0 Å². The lowest BCUT2D eigenvalue weighted by atomic mass is 9.85. The van der Waals surface area contributed by atoms with Gasteiger partial charge in [-0.15, -0.1) is 0 Å². The number of aromatic hydroxyl groups is 2. The molecule has 2 aromatic heterocycles. The van der Waals surface area contributed by atoms with Crippen molar-refractivity contribution in [1.82, 2.24) is 0 Å². The maximum atomic E-state index is 12.5. The molecule has 7 heteroatoms. The molecular formula is C19H15ClO6. The molecule has 0 amide bonds. The molecule has 3 rings (SSSR count). The van der Waals surface area contributed by atoms with E-state index in [-0.39, 0.29) is 39.2 Å². The maximum absolute atomic E-state index is 12.5. The van der Waals surface area contributed by atoms with Crippen LogP contribution < -0.4 is 11.3 Å². The van der Waals surface area contributed by atoms with Gasteiger partial charge in [-0.25, -0.2) is 9.59 Å². The molecule has 0 unspecified atom stereocenters. The largest absolute Gasteiger partial charge is 0.507 e. The van der Waals surface area contributed by atoms with Crippen molar-refractivity contribution in [2.24, 2.45) is 0 Å². The first-order chi connectivity index (χ1) is 12.3. The fourth-order valence-corrected chi connectivity index (χ4v) is 3.15. The van der Waals surface area contributed by atoms with E-state index in [2.05, 4.69) is 0 Å². The molecule has 2 heterocycles. The van der Waals surface area contributed by atoms with E-state index >= 15 is 0 Å². The van der Waals surface area contributed by atoms with Gasteiger partial charge in [0.25, 0.3) is 0 Å². The van der Waals surface area contributed by atoms with Crippen molar-refractivity contribution in [3.05, 3.63) is 90.5 Å². The van der Waals surface area contributed by atoms with Gasteiger partial charge in [-0.1, -0.05) is 29.8 Å². The Morgan fingerprint density at radius 3 is 1.77 bits per heavy atom. The molecule has 0 aliphatic heterocycles. The fraction of sp³-hybridized carbons (Fsp3) is 0.158. The van der Waals surface area contributed by atoms with Crippen LogP contribution in [-0.2, 0) is 0 Å². The third-order valence-corrected chi connectivity index (χ3v) is 4.32. The molecule has 0 fully saturated rings. The monoisotopic (exact) mass is 374 g/mol. The molecule has 0 radical (unpaired) electrons. The zero-order chi connectivity index (χ0) is 19.0. The molecule has 134 valence electrons. The Balaban J connectivity index is 2.43. The molecule has 2 N–H and O–H groups in total. The topological polar surface area (TPSA) is 101 Å². The standard InChI is InChI=1S/C19H15ClO6/c1-9-7-13(21)16(18(23)25-9)15(11-5-3-4-6-12(11)20)17-14(22)8-10(2)26-19(17)24/h3-8,15,21-22H,1-2H3. The van der Waals surface area contributed by atoms with E-state index in [1.165, 1.54) is 26.0 Å². The second-order valence-electron chi connectivity index (χ2n) is 5.84. The summed E-state index contributed by atoms with van der Waals surface area (Å²) < 4.78 is 10.2. The molecule has 0 saturated carbocycles. The summed E-state index contributed by atoms with van der Waals surface area (Å²) in [6.45, 7) is 3.01. The number of aryl methyl sites for hydroxylation is 2. The maximum Gasteiger partial charge on any atom is 0.343 e. The molecule has 0 aliphatic rings. The lowest BCUT2D eigenvalue weighted by molar-refractivity contribution is 0.407. The fourth-order valence-electron chi connectivity index (χ4n) is 2.91. The summed E-state index contributed by atoms with van der Waals surface area (Å²) in [5.74, 6) is -1.51. The summed E-state index contributed by atoms with van der Waals surface area (Å²) in [5, 5.41) is 21.0. The molecule has 0 saturated heterocycles. The minimum absolute atomic E-state index is 0.203. The molecule has 3 aromatic rings. The van der Waals surface area contributed by atoms with Crippen LogP contribution >= 0.6 is 11.6 Å². The van der Waals surface area contributed by atoms with E-state index in [1.807, 2.05) is 0 Å². The highest BCUT2D eigenvalue weighted by atomic mass is 35.5. The van der Waals surface area contributed by atoms with Crippen molar-refractivity contribution in [3.63, 3.8) is 0 Å². The lowest BCUT2D eigenvalue weighted by Crippen LogP contribution is -2.21. The second-order valence-corrected chi connectivity index (χ2v) is 6.25. The van der Waals surface area contributed by atoms with E-state index in [1.54, 1.807) is 24.3 Å². The highest BCUT2D eigenvalue weighted by Gasteiger charge is 2.31. The smallest absolute Gasteiger partial charge is 0.343 e. The van der Waals surface area contributed by atoms with Gasteiger partial charge in [0.15, 0.2) is 0 Å². The van der Waals surface area contributed by atoms with E-state index in [0.29, 0.717) is 5.56 Å². The van der Waals surface area contributed by atoms with E-state index in [4.69, 9.17) is 20.4 Å². The quantitative estimate of drug-likeness (QED) is 0.728. The highest BCUT2D eigenvalue weighted by molar-refractivity contribution is 6.31. The van der Waals surface area contributed by atoms with Gasteiger partial charge < -0.3 is 19.0 Å². The molecule has 0 spiro atoms. The number of hydrogen-bond acceptors (Lipinski definition) is 6. The molecule has 26 heavy (non-hydrogen) atoms. The zero-order valence-corrected chi connectivity index (χ0v) is 14.7. The van der Waals surface area contributed by atoms with Gasteiger partial charge in [-0.3, -0.25) is 0 Å². The Morgan fingerprint density at radius 2 is 1.35 bits per heavy atom. The third-order valence-electron chi connectivity index (χ3n) is 3.97. The molecular weight excluding hydrogens is 360 g/mol. The lowest BCUT2D eigenvalue weighted by Gasteiger charge is -2.19. The van der Waals surface area contributed by atoms with Gasteiger partial charge in [-0.05, 0) is 25.5 Å². The SMILES string of the molecule is Cc1cc(O)c(C(c2ccccc2Cl)c2c(O)cc(C)oc2=O)c(=O)o1. The molecule has 0 atom stereocenters. The second kappa shape index (κ2) is 6.72. The van der Waals surface area contributed by atoms with Crippen LogP contribution in [0.5, 0.6) is 11.5 Å². The molecule has 0 aliphatic carbocycles. The average Bonchev–Trinajstić information content (AvgIpc) is 2.52. The van der Waals surface area contributed by atoms with Crippen LogP contribution in [0.2, 0.25) is 5.02 Å². The van der Waals surface area contributed by atoms with Gasteiger partial charge >= 0.3 is 11.3 Å². The summed E-state index contributed by atoms with van der Waals surface area (Å²) >= 11 is 6.26. The van der Waals surface area contributed by atoms with Crippen LogP contribution in [0.4, 0.5) is 0 Å². The predicted molar refractivity (Wildman–Crippen MR) is 95.2 cm³/mol. The van der Waals surface area contributed by atoms with Gasteiger partial charge in [-0.2, -0.15) is 0 Å². The van der Waals surface area contributed by atoms with Crippen LogP contribution in [0.15, 0.2) is 54.8 Å². The predicted octanol–water partition coefficient (Wildman–Crippen LogP) is 3.45. The van der Waals surface area contributed by atoms with Crippen LogP contribution in [0.3, 0.4) is 0 Å². The number of rotatable bonds is 3. The van der Waals surface area contributed by atoms with Crippen molar-refractivity contribution in [2.45, 2.75) is 19.8 Å². The van der Waals surface area contributed by atoms with Gasteiger partial charge in [0.2, 0.25) is 0 Å². The highest BCUT2D eigenvalue weighted by Crippen LogP contribution is 2.40. The van der Waals surface area contributed by atoms with Crippen LogP contribution in [0.25, 0.3) is 0 Å². The first-order valence-electron chi connectivity index (χ1n) is 7.71. The Kier molecular flexibility index (Phi) is 4.61. The summed E-state index contributed by atoms with van der Waals surface area (Å²) in [7, 11) is 0. The van der Waals surface area contributed by atoms with E-state index in [0.717, 1.165) is 0 Å². The van der Waals surface area contributed by atoms with Crippen molar-refractivity contribution >= 4 is 11.6 Å². The van der Waals surface area contributed by atoms with Crippen molar-refractivity contribution < 1.29 is 19.0 Å². The number of halogens is 1. The summed E-state index contributed by atoms with van der Waals surface area (Å²) in [5.41, 5.74) is -1.77. The normalized spacial score (nSPS) is 11.1. The number of benzene rings is 1. The van der Waals surface area contributed by atoms with Crippen molar-refractivity contribution in [2.75, 3.05) is 0 Å². The van der Waals surface area contributed by atoms with Crippen LogP contribution in [-0.4, -0.2) is 10.2 Å². The van der Waals surface area contributed by atoms with Crippen LogP contribution in [0, 0.1) is 13.8 Å². The third kappa shape index (κ3) is 3.11. The summed E-state index contributed by atoms with van der Waals surface area (Å²) in [6, 6.07) is 9.01. The van der Waals surface area contributed by atoms with Crippen LogP contribution in [0.1, 0.15) is 34.1 Å². The summed E-state index contributed by atoms with van der Waals surface area (Å²) in [6.07, 6.45) is 0. The van der Waals surface area contributed by atoms with E-state index in [9.17, 15) is 19.8 Å². The molecule has 1 aromatic carbocycles. The Bertz CT molecular complexity index is 1030. The molecule has 6 nitrogen and oxygen atoms in total. The first kappa shape index (κ1) is 17.8. The Morgan fingerprint density at radius 1 is 0.885 bits per heavy atom.